The van der Waals surface area contributed by atoms with E-state index in [-0.39, 0.29) is 6.54 Å². The zero-order chi connectivity index (χ0) is 11.4. The number of hydrogen-bond donors (Lipinski definition) is 0. The van der Waals surface area contributed by atoms with Crippen molar-refractivity contribution in [3.05, 3.63) is 0 Å². The normalized spacial score (nSPS) is 13.9. The number of alkyl halides is 4. The van der Waals surface area contributed by atoms with Gasteiger partial charge in [-0.05, 0) is 13.3 Å². The maximum atomic E-state index is 12.0. The summed E-state index contributed by atoms with van der Waals surface area (Å²) in [6.45, 7) is 1.92. The Labute approximate surface area is 86.0 Å². The average molecular weight is 232 g/mol. The second-order valence-electron chi connectivity index (χ2n) is 2.99. The number of halogens is 4. The summed E-state index contributed by atoms with van der Waals surface area (Å²) in [5.74, 6) is -0.675. The Morgan fingerprint density at radius 2 is 2.00 bits per heavy atom. The van der Waals surface area contributed by atoms with Crippen LogP contribution < -0.4 is 0 Å². The molecule has 1 unspecified atom stereocenters. The number of amides is 1. The Balaban J connectivity index is 4.36. The second kappa shape index (κ2) is 5.44. The molecule has 0 aliphatic rings. The van der Waals surface area contributed by atoms with Gasteiger partial charge in [-0.1, -0.05) is 6.92 Å². The van der Waals surface area contributed by atoms with Crippen LogP contribution >= 0.6 is 11.6 Å². The lowest BCUT2D eigenvalue weighted by Gasteiger charge is -2.24. The van der Waals surface area contributed by atoms with Crippen LogP contribution in [0.25, 0.3) is 0 Å². The van der Waals surface area contributed by atoms with Gasteiger partial charge in [0.15, 0.2) is 0 Å². The predicted octanol–water partition coefficient (Wildman–Crippen LogP) is 2.41. The Morgan fingerprint density at radius 1 is 1.50 bits per heavy atom. The maximum absolute atomic E-state index is 12.0. The first-order chi connectivity index (χ1) is 6.28. The highest BCUT2D eigenvalue weighted by atomic mass is 35.5. The average Bonchev–Trinajstić information content (AvgIpc) is 1.99. The molecule has 84 valence electrons. The highest BCUT2D eigenvalue weighted by Gasteiger charge is 2.33. The summed E-state index contributed by atoms with van der Waals surface area (Å²) in [7, 11) is 0. The van der Waals surface area contributed by atoms with E-state index in [1.54, 1.807) is 6.92 Å². The molecule has 0 bridgehead atoms. The first kappa shape index (κ1) is 13.5. The van der Waals surface area contributed by atoms with Gasteiger partial charge in [0.1, 0.15) is 11.9 Å². The Morgan fingerprint density at radius 3 is 2.29 bits per heavy atom. The summed E-state index contributed by atoms with van der Waals surface area (Å²) >= 11 is 5.43. The SMILES string of the molecule is CCCN(CC(F)(F)F)C(=O)C(C)Cl. The van der Waals surface area contributed by atoms with E-state index in [2.05, 4.69) is 0 Å². The fraction of sp³-hybridized carbons (Fsp3) is 0.875. The number of hydrogen-bond acceptors (Lipinski definition) is 1. The molecule has 0 N–H and O–H groups in total. The number of rotatable bonds is 4. The molecule has 0 aromatic rings. The molecule has 0 aliphatic carbocycles. The van der Waals surface area contributed by atoms with Gasteiger partial charge in [0, 0.05) is 6.54 Å². The van der Waals surface area contributed by atoms with Gasteiger partial charge in [0.25, 0.3) is 0 Å². The van der Waals surface area contributed by atoms with Crippen molar-refractivity contribution in [1.82, 2.24) is 4.90 Å². The van der Waals surface area contributed by atoms with Crippen LogP contribution in [0.2, 0.25) is 0 Å². The maximum Gasteiger partial charge on any atom is 0.406 e. The minimum absolute atomic E-state index is 0.0788. The van der Waals surface area contributed by atoms with Crippen molar-refractivity contribution in [3.8, 4) is 0 Å². The molecule has 0 saturated carbocycles. The van der Waals surface area contributed by atoms with Crippen LogP contribution in [0, 0.1) is 0 Å². The molecule has 2 nitrogen and oxygen atoms in total. The second-order valence-corrected chi connectivity index (χ2v) is 3.65. The molecule has 1 atom stereocenters. The fourth-order valence-electron chi connectivity index (χ4n) is 1.01. The molecule has 0 saturated heterocycles. The Hall–Kier alpha value is -0.450. The van der Waals surface area contributed by atoms with E-state index < -0.39 is 24.0 Å². The van der Waals surface area contributed by atoms with Crippen molar-refractivity contribution < 1.29 is 18.0 Å². The van der Waals surface area contributed by atoms with E-state index in [0.29, 0.717) is 6.42 Å². The predicted molar refractivity (Wildman–Crippen MR) is 48.2 cm³/mol. The van der Waals surface area contributed by atoms with Gasteiger partial charge < -0.3 is 4.90 Å². The largest absolute Gasteiger partial charge is 0.406 e. The molecule has 0 rings (SSSR count). The van der Waals surface area contributed by atoms with E-state index in [4.69, 9.17) is 11.6 Å². The first-order valence-corrected chi connectivity index (χ1v) is 4.71. The van der Waals surface area contributed by atoms with Crippen molar-refractivity contribution in [2.75, 3.05) is 13.1 Å². The van der Waals surface area contributed by atoms with Gasteiger partial charge in [-0.15, -0.1) is 11.6 Å². The summed E-state index contributed by atoms with van der Waals surface area (Å²) in [6, 6.07) is 0. The van der Waals surface area contributed by atoms with Crippen LogP contribution in [-0.2, 0) is 4.79 Å². The minimum atomic E-state index is -4.36. The molecule has 0 radical (unpaired) electrons. The molecule has 0 aliphatic heterocycles. The quantitative estimate of drug-likeness (QED) is 0.681. The van der Waals surface area contributed by atoms with Crippen LogP contribution in [-0.4, -0.2) is 35.4 Å². The lowest BCUT2D eigenvalue weighted by atomic mass is 10.3. The summed E-state index contributed by atoms with van der Waals surface area (Å²) < 4.78 is 36.0. The summed E-state index contributed by atoms with van der Waals surface area (Å²) in [6.07, 6.45) is -3.89. The zero-order valence-corrected chi connectivity index (χ0v) is 8.82. The minimum Gasteiger partial charge on any atom is -0.332 e. The summed E-state index contributed by atoms with van der Waals surface area (Å²) in [4.78, 5) is 11.9. The molecule has 6 heteroatoms. The van der Waals surface area contributed by atoms with Gasteiger partial charge in [-0.25, -0.2) is 0 Å². The topological polar surface area (TPSA) is 20.3 Å². The van der Waals surface area contributed by atoms with Crippen molar-refractivity contribution in [2.24, 2.45) is 0 Å². The van der Waals surface area contributed by atoms with Gasteiger partial charge in [-0.3, -0.25) is 4.79 Å². The summed E-state index contributed by atoms with van der Waals surface area (Å²) in [5, 5.41) is -0.913. The molecule has 14 heavy (non-hydrogen) atoms. The van der Waals surface area contributed by atoms with Crippen molar-refractivity contribution in [3.63, 3.8) is 0 Å². The molecule has 0 aromatic heterocycles. The first-order valence-electron chi connectivity index (χ1n) is 4.27. The van der Waals surface area contributed by atoms with Crippen molar-refractivity contribution in [1.29, 1.82) is 0 Å². The zero-order valence-electron chi connectivity index (χ0n) is 8.07. The number of carbonyl (C=O) groups is 1. The number of nitrogens with zero attached hydrogens (tertiary/aromatic N) is 1. The van der Waals surface area contributed by atoms with Gasteiger partial charge in [-0.2, -0.15) is 13.2 Å². The van der Waals surface area contributed by atoms with Gasteiger partial charge >= 0.3 is 6.18 Å². The highest BCUT2D eigenvalue weighted by Crippen LogP contribution is 2.17. The van der Waals surface area contributed by atoms with Crippen LogP contribution in [0.5, 0.6) is 0 Å². The fourth-order valence-corrected chi connectivity index (χ4v) is 1.14. The van der Waals surface area contributed by atoms with E-state index in [1.165, 1.54) is 6.92 Å². The molecule has 0 spiro atoms. The smallest absolute Gasteiger partial charge is 0.332 e. The third kappa shape index (κ3) is 5.32. The summed E-state index contributed by atoms with van der Waals surface area (Å²) in [5.41, 5.74) is 0. The standard InChI is InChI=1S/C8H13ClF3NO/c1-3-4-13(5-8(10,11)12)7(14)6(2)9/h6H,3-5H2,1-2H3. The highest BCUT2D eigenvalue weighted by molar-refractivity contribution is 6.30. The van der Waals surface area contributed by atoms with Crippen LogP contribution in [0.3, 0.4) is 0 Å². The van der Waals surface area contributed by atoms with E-state index in [0.717, 1.165) is 4.90 Å². The van der Waals surface area contributed by atoms with E-state index in [1.807, 2.05) is 0 Å². The van der Waals surface area contributed by atoms with Crippen LogP contribution in [0.1, 0.15) is 20.3 Å². The molecular weight excluding hydrogens is 219 g/mol. The lowest BCUT2D eigenvalue weighted by molar-refractivity contribution is -0.160. The van der Waals surface area contributed by atoms with Gasteiger partial charge in [0.2, 0.25) is 5.91 Å². The molecule has 0 fully saturated rings. The Kier molecular flexibility index (Phi) is 5.26. The Bertz CT molecular complexity index is 194. The lowest BCUT2D eigenvalue weighted by Crippen LogP contribution is -2.42. The number of carbonyl (C=O) groups excluding carboxylic acids is 1. The third-order valence-electron chi connectivity index (χ3n) is 1.52. The van der Waals surface area contributed by atoms with Gasteiger partial charge in [0.05, 0.1) is 0 Å². The molecular formula is C8H13ClF3NO. The van der Waals surface area contributed by atoms with Crippen molar-refractivity contribution >= 4 is 17.5 Å². The van der Waals surface area contributed by atoms with Crippen LogP contribution in [0.15, 0.2) is 0 Å². The van der Waals surface area contributed by atoms with Crippen molar-refractivity contribution in [2.45, 2.75) is 31.8 Å². The van der Waals surface area contributed by atoms with Crippen LogP contribution in [0.4, 0.5) is 13.2 Å². The van der Waals surface area contributed by atoms with E-state index >= 15 is 0 Å². The third-order valence-corrected chi connectivity index (χ3v) is 1.70. The molecule has 0 heterocycles. The molecule has 0 aromatic carbocycles. The molecule has 1 amide bonds. The van der Waals surface area contributed by atoms with E-state index in [9.17, 15) is 18.0 Å². The monoisotopic (exact) mass is 231 g/mol.